The highest BCUT2D eigenvalue weighted by molar-refractivity contribution is 5.95. The standard InChI is InChI=1S/C31H44O7/c1-18(32)24-8-9-25-23-7-6-21-16-22(12-14-30(21,4)26(23)13-15-31(24,25)5)37-29-11-10-27(36-20(3)34)28(38-29)17-35-19(2)33/h8,10-11,21-23,25-29H,6-7,9,12-17H2,1-5H3/t21?,22?,23-,25-,26-,27-,28+,29-,30-,31+/m0/s1. The molecule has 7 heteroatoms. The van der Waals surface area contributed by atoms with E-state index < -0.39 is 30.4 Å². The van der Waals surface area contributed by atoms with E-state index >= 15 is 0 Å². The van der Waals surface area contributed by atoms with Gasteiger partial charge in [0.2, 0.25) is 0 Å². The number of esters is 2. The van der Waals surface area contributed by atoms with E-state index in [0.717, 1.165) is 37.7 Å². The minimum absolute atomic E-state index is 0.00615. The Bertz CT molecular complexity index is 1020. The molecule has 2 unspecified atom stereocenters. The van der Waals surface area contributed by atoms with Crippen LogP contribution in [0.4, 0.5) is 0 Å². The van der Waals surface area contributed by atoms with Gasteiger partial charge >= 0.3 is 11.9 Å². The highest BCUT2D eigenvalue weighted by Gasteiger charge is 2.59. The van der Waals surface area contributed by atoms with E-state index in [1.807, 2.05) is 6.08 Å². The fraction of sp³-hybridized carbons (Fsp3) is 0.774. The lowest BCUT2D eigenvalue weighted by Gasteiger charge is -2.61. The predicted octanol–water partition coefficient (Wildman–Crippen LogP) is 5.32. The zero-order valence-corrected chi connectivity index (χ0v) is 23.6. The molecular formula is C31H44O7. The van der Waals surface area contributed by atoms with Gasteiger partial charge in [0.25, 0.3) is 0 Å². The largest absolute Gasteiger partial charge is 0.463 e. The summed E-state index contributed by atoms with van der Waals surface area (Å²) in [6.07, 6.45) is 13.2. The number of hydrogen-bond donors (Lipinski definition) is 0. The molecule has 1 aliphatic heterocycles. The Morgan fingerprint density at radius 2 is 1.76 bits per heavy atom. The molecule has 0 spiro atoms. The summed E-state index contributed by atoms with van der Waals surface area (Å²) in [7, 11) is 0. The number of ketones is 1. The third kappa shape index (κ3) is 5.01. The maximum absolute atomic E-state index is 12.4. The van der Waals surface area contributed by atoms with E-state index in [1.165, 1.54) is 33.1 Å². The lowest BCUT2D eigenvalue weighted by atomic mass is 9.44. The van der Waals surface area contributed by atoms with E-state index in [1.54, 1.807) is 13.0 Å². The molecule has 0 amide bonds. The molecule has 3 fully saturated rings. The number of carbonyl (C=O) groups is 3. The second kappa shape index (κ2) is 10.5. The molecule has 1 heterocycles. The molecule has 5 aliphatic rings. The van der Waals surface area contributed by atoms with Crippen molar-refractivity contribution in [3.05, 3.63) is 23.8 Å². The normalized spacial score (nSPS) is 43.8. The second-order valence-electron chi connectivity index (χ2n) is 12.9. The van der Waals surface area contributed by atoms with Gasteiger partial charge in [-0.25, -0.2) is 0 Å². The van der Waals surface area contributed by atoms with Crippen molar-refractivity contribution >= 4 is 17.7 Å². The topological polar surface area (TPSA) is 88.1 Å². The van der Waals surface area contributed by atoms with Crippen LogP contribution in [0, 0.1) is 34.5 Å². The SMILES string of the molecule is CC(=O)OC[C@H]1O[C@H](OC2CC[C@@]3(C)C(CC[C@@H]4[C@@H]3CC[C@]3(C)C(C(C)=O)=CC[C@@H]43)C2)C=C[C@@H]1OC(C)=O. The van der Waals surface area contributed by atoms with Gasteiger partial charge in [0, 0.05) is 13.8 Å². The van der Waals surface area contributed by atoms with Gasteiger partial charge in [-0.2, -0.15) is 0 Å². The predicted molar refractivity (Wildman–Crippen MR) is 141 cm³/mol. The van der Waals surface area contributed by atoms with Gasteiger partial charge in [-0.05, 0) is 111 Å². The van der Waals surface area contributed by atoms with Crippen LogP contribution in [0.25, 0.3) is 0 Å². The Morgan fingerprint density at radius 1 is 0.974 bits per heavy atom. The van der Waals surface area contributed by atoms with Crippen LogP contribution in [0.15, 0.2) is 23.8 Å². The summed E-state index contributed by atoms with van der Waals surface area (Å²) >= 11 is 0. The first-order valence-corrected chi connectivity index (χ1v) is 14.5. The molecule has 0 bridgehead atoms. The van der Waals surface area contributed by atoms with Crippen LogP contribution in [0.1, 0.15) is 86.0 Å². The quantitative estimate of drug-likeness (QED) is 0.341. The summed E-state index contributed by atoms with van der Waals surface area (Å²) in [6, 6.07) is 0. The Balaban J connectivity index is 1.22. The zero-order valence-electron chi connectivity index (χ0n) is 23.6. The Labute approximate surface area is 226 Å². The first kappa shape index (κ1) is 27.6. The van der Waals surface area contributed by atoms with Crippen LogP contribution in [0.5, 0.6) is 0 Å². The van der Waals surface area contributed by atoms with Crippen molar-refractivity contribution in [1.29, 1.82) is 0 Å². The van der Waals surface area contributed by atoms with Gasteiger partial charge < -0.3 is 18.9 Å². The van der Waals surface area contributed by atoms with E-state index in [4.69, 9.17) is 18.9 Å². The molecular weight excluding hydrogens is 484 g/mol. The minimum Gasteiger partial charge on any atom is -0.463 e. The van der Waals surface area contributed by atoms with Gasteiger partial charge in [0.1, 0.15) is 18.8 Å². The summed E-state index contributed by atoms with van der Waals surface area (Å²) in [5, 5.41) is 0. The van der Waals surface area contributed by atoms with Gasteiger partial charge in [0.05, 0.1) is 6.10 Å². The molecule has 10 atom stereocenters. The molecule has 7 nitrogen and oxygen atoms in total. The highest BCUT2D eigenvalue weighted by Crippen LogP contribution is 2.66. The maximum atomic E-state index is 12.4. The molecule has 0 aromatic heterocycles. The van der Waals surface area contributed by atoms with Crippen LogP contribution in [0.3, 0.4) is 0 Å². The van der Waals surface area contributed by atoms with Crippen LogP contribution < -0.4 is 0 Å². The van der Waals surface area contributed by atoms with Crippen molar-refractivity contribution in [3.8, 4) is 0 Å². The van der Waals surface area contributed by atoms with Crippen molar-refractivity contribution in [1.82, 2.24) is 0 Å². The molecule has 0 N–H and O–H groups in total. The van der Waals surface area contributed by atoms with E-state index in [9.17, 15) is 14.4 Å². The average Bonchev–Trinajstić information content (AvgIpc) is 3.21. The number of rotatable bonds is 6. The molecule has 4 aliphatic carbocycles. The van der Waals surface area contributed by atoms with Crippen LogP contribution in [-0.2, 0) is 33.3 Å². The highest BCUT2D eigenvalue weighted by atomic mass is 16.7. The summed E-state index contributed by atoms with van der Waals surface area (Å²) in [5.74, 6) is 2.08. The molecule has 0 saturated heterocycles. The molecule has 5 rings (SSSR count). The lowest BCUT2D eigenvalue weighted by Crippen LogP contribution is -2.54. The van der Waals surface area contributed by atoms with E-state index in [-0.39, 0.29) is 23.9 Å². The van der Waals surface area contributed by atoms with Crippen molar-refractivity contribution in [2.45, 2.75) is 111 Å². The third-order valence-corrected chi connectivity index (χ3v) is 10.8. The first-order valence-electron chi connectivity index (χ1n) is 14.5. The van der Waals surface area contributed by atoms with Crippen molar-refractivity contribution in [2.75, 3.05) is 6.61 Å². The van der Waals surface area contributed by atoms with Crippen LogP contribution in [0.2, 0.25) is 0 Å². The number of allylic oxidation sites excluding steroid dienone is 2. The molecule has 38 heavy (non-hydrogen) atoms. The molecule has 0 aromatic rings. The molecule has 210 valence electrons. The van der Waals surface area contributed by atoms with E-state index in [0.29, 0.717) is 29.1 Å². The third-order valence-electron chi connectivity index (χ3n) is 10.8. The number of fused-ring (bicyclic) bond motifs is 5. The summed E-state index contributed by atoms with van der Waals surface area (Å²) in [6.45, 7) is 9.32. The smallest absolute Gasteiger partial charge is 0.303 e. The molecule has 0 aromatic carbocycles. The number of hydrogen-bond acceptors (Lipinski definition) is 7. The van der Waals surface area contributed by atoms with Gasteiger partial charge in [-0.15, -0.1) is 0 Å². The Hall–Kier alpha value is -1.99. The van der Waals surface area contributed by atoms with Gasteiger partial charge in [-0.1, -0.05) is 19.9 Å². The van der Waals surface area contributed by atoms with Gasteiger partial charge in [0.15, 0.2) is 12.1 Å². The Kier molecular flexibility index (Phi) is 7.64. The second-order valence-corrected chi connectivity index (χ2v) is 12.9. The number of carbonyl (C=O) groups excluding carboxylic acids is 3. The lowest BCUT2D eigenvalue weighted by molar-refractivity contribution is -0.222. The van der Waals surface area contributed by atoms with Crippen LogP contribution >= 0.6 is 0 Å². The zero-order chi connectivity index (χ0) is 27.2. The molecule has 0 radical (unpaired) electrons. The Morgan fingerprint density at radius 3 is 2.47 bits per heavy atom. The minimum atomic E-state index is -0.609. The maximum Gasteiger partial charge on any atom is 0.303 e. The fourth-order valence-corrected chi connectivity index (χ4v) is 8.98. The van der Waals surface area contributed by atoms with E-state index in [2.05, 4.69) is 19.9 Å². The fourth-order valence-electron chi connectivity index (χ4n) is 8.98. The van der Waals surface area contributed by atoms with Crippen molar-refractivity contribution in [2.24, 2.45) is 34.5 Å². The summed E-state index contributed by atoms with van der Waals surface area (Å²) < 4.78 is 23.0. The monoisotopic (exact) mass is 528 g/mol. The first-order chi connectivity index (χ1) is 18.0. The summed E-state index contributed by atoms with van der Waals surface area (Å²) in [5.41, 5.74) is 1.46. The molecule has 3 saturated carbocycles. The van der Waals surface area contributed by atoms with Crippen molar-refractivity contribution < 1.29 is 33.3 Å². The number of ether oxygens (including phenoxy) is 4. The average molecular weight is 529 g/mol. The van der Waals surface area contributed by atoms with Gasteiger partial charge in [-0.3, -0.25) is 14.4 Å². The summed E-state index contributed by atoms with van der Waals surface area (Å²) in [4.78, 5) is 35.2. The van der Waals surface area contributed by atoms with Crippen molar-refractivity contribution in [3.63, 3.8) is 0 Å². The number of Topliss-reactive ketones (excluding diaryl/α,β-unsaturated/α-hetero) is 1. The van der Waals surface area contributed by atoms with Crippen LogP contribution in [-0.4, -0.2) is 48.9 Å².